The largest absolute Gasteiger partial charge is 0.472 e. The van der Waals surface area contributed by atoms with E-state index in [0.717, 1.165) is 96.3 Å². The highest BCUT2D eigenvalue weighted by molar-refractivity contribution is 7.47. The first-order valence-corrected chi connectivity index (χ1v) is 29.4. The van der Waals surface area contributed by atoms with E-state index >= 15 is 0 Å². The van der Waals surface area contributed by atoms with Crippen molar-refractivity contribution < 1.29 is 37.6 Å². The Morgan fingerprint density at radius 3 is 1.22 bits per heavy atom. The van der Waals surface area contributed by atoms with Crippen LogP contribution in [0.5, 0.6) is 0 Å². The summed E-state index contributed by atoms with van der Waals surface area (Å²) in [5.74, 6) is -0.835. The fourth-order valence-electron chi connectivity index (χ4n) is 7.72. The second-order valence-corrected chi connectivity index (χ2v) is 19.9. The van der Waals surface area contributed by atoms with Gasteiger partial charge >= 0.3 is 19.8 Å². The number of phosphoric acid groups is 1. The number of ether oxygens (including phenoxy) is 2. The Morgan fingerprint density at radius 2 is 0.809 bits per heavy atom. The van der Waals surface area contributed by atoms with Crippen LogP contribution < -0.4 is 5.73 Å². The summed E-state index contributed by atoms with van der Waals surface area (Å²) in [4.78, 5) is 34.9. The molecule has 0 heterocycles. The van der Waals surface area contributed by atoms with Gasteiger partial charge in [-0.15, -0.1) is 0 Å². The lowest BCUT2D eigenvalue weighted by Crippen LogP contribution is -2.29. The maximum Gasteiger partial charge on any atom is 0.472 e. The summed E-state index contributed by atoms with van der Waals surface area (Å²) < 4.78 is 32.8. The minimum Gasteiger partial charge on any atom is -0.462 e. The monoisotopic (exact) mass is 974 g/mol. The van der Waals surface area contributed by atoms with E-state index in [1.807, 2.05) is 0 Å². The molecule has 0 fully saturated rings. The van der Waals surface area contributed by atoms with E-state index in [4.69, 9.17) is 24.3 Å². The average Bonchev–Trinajstić information content (AvgIpc) is 3.33. The first kappa shape index (κ1) is 65.5. The topological polar surface area (TPSA) is 134 Å². The molecule has 0 aromatic carbocycles. The molecular weight excluding hydrogens is 870 g/mol. The number of hydrogen-bond donors (Lipinski definition) is 2. The van der Waals surface area contributed by atoms with Gasteiger partial charge in [-0.2, -0.15) is 0 Å². The normalized spacial score (nSPS) is 13.6. The van der Waals surface area contributed by atoms with Gasteiger partial charge in [0, 0.05) is 19.4 Å². The molecular formula is C58H104NO8P. The Kier molecular flexibility index (Phi) is 51.8. The SMILES string of the molecule is CC/C=C\C/C=C\C/C=C\C/C=C\C/C=C\CCCCCCCCCCCCCCCCCCCCCCCC(=O)OC(COC(=O)CCCCCCC/C=C\CCC)COP(=O)(O)OCCN. The Labute approximate surface area is 418 Å². The molecule has 0 aliphatic carbocycles. The second kappa shape index (κ2) is 53.8. The van der Waals surface area contributed by atoms with Gasteiger partial charge in [0.25, 0.3) is 0 Å². The predicted molar refractivity (Wildman–Crippen MR) is 289 cm³/mol. The maximum atomic E-state index is 12.6. The fraction of sp³-hybridized carbons (Fsp3) is 0.759. The second-order valence-electron chi connectivity index (χ2n) is 18.4. The number of carbonyl (C=O) groups excluding carboxylic acids is 2. The predicted octanol–water partition coefficient (Wildman–Crippen LogP) is 17.3. The van der Waals surface area contributed by atoms with Crippen LogP contribution in [-0.2, 0) is 32.7 Å². The summed E-state index contributed by atoms with van der Waals surface area (Å²) in [6.45, 7) is 3.56. The van der Waals surface area contributed by atoms with Gasteiger partial charge in [0.15, 0.2) is 6.10 Å². The Bertz CT molecular complexity index is 1340. The van der Waals surface area contributed by atoms with E-state index < -0.39 is 32.5 Å². The molecule has 0 aromatic rings. The molecule has 3 N–H and O–H groups in total. The Balaban J connectivity index is 3.77. The van der Waals surface area contributed by atoms with Crippen molar-refractivity contribution >= 4 is 19.8 Å². The van der Waals surface area contributed by atoms with Crippen LogP contribution in [0.2, 0.25) is 0 Å². The van der Waals surface area contributed by atoms with E-state index in [1.54, 1.807) is 0 Å². The Hall–Kier alpha value is -2.55. The van der Waals surface area contributed by atoms with Crippen LogP contribution in [0.1, 0.15) is 251 Å². The van der Waals surface area contributed by atoms with Gasteiger partial charge in [-0.1, -0.05) is 234 Å². The van der Waals surface area contributed by atoms with E-state index in [2.05, 4.69) is 86.8 Å². The molecule has 394 valence electrons. The molecule has 0 bridgehead atoms. The van der Waals surface area contributed by atoms with Crippen LogP contribution in [0.4, 0.5) is 0 Å². The van der Waals surface area contributed by atoms with Gasteiger partial charge in [-0.05, 0) is 77.0 Å². The molecule has 10 heteroatoms. The fourth-order valence-corrected chi connectivity index (χ4v) is 8.49. The number of allylic oxidation sites excluding steroid dienone is 12. The van der Waals surface area contributed by atoms with Crippen molar-refractivity contribution in [1.82, 2.24) is 0 Å². The minimum atomic E-state index is -4.38. The Morgan fingerprint density at radius 1 is 0.456 bits per heavy atom. The molecule has 0 rings (SSSR count). The maximum absolute atomic E-state index is 12.6. The van der Waals surface area contributed by atoms with Gasteiger partial charge in [-0.25, -0.2) is 4.57 Å². The molecule has 0 aliphatic rings. The van der Waals surface area contributed by atoms with E-state index in [0.29, 0.717) is 6.42 Å². The lowest BCUT2D eigenvalue weighted by atomic mass is 10.0. The molecule has 0 aromatic heterocycles. The van der Waals surface area contributed by atoms with Crippen molar-refractivity contribution in [3.8, 4) is 0 Å². The third-order valence-electron chi connectivity index (χ3n) is 11.8. The molecule has 0 radical (unpaired) electrons. The summed E-state index contributed by atoms with van der Waals surface area (Å²) >= 11 is 0. The number of rotatable bonds is 52. The smallest absolute Gasteiger partial charge is 0.462 e. The van der Waals surface area contributed by atoms with Gasteiger partial charge in [0.05, 0.1) is 13.2 Å². The van der Waals surface area contributed by atoms with E-state index in [1.165, 1.54) is 122 Å². The molecule has 0 spiro atoms. The van der Waals surface area contributed by atoms with Crippen molar-refractivity contribution in [2.24, 2.45) is 5.73 Å². The molecule has 9 nitrogen and oxygen atoms in total. The number of esters is 2. The van der Waals surface area contributed by atoms with Crippen LogP contribution >= 0.6 is 7.82 Å². The van der Waals surface area contributed by atoms with Crippen LogP contribution in [0, 0.1) is 0 Å². The van der Waals surface area contributed by atoms with Crippen LogP contribution in [0.3, 0.4) is 0 Å². The zero-order valence-corrected chi connectivity index (χ0v) is 44.7. The summed E-state index contributed by atoms with van der Waals surface area (Å²) in [5.41, 5.74) is 5.36. The molecule has 0 amide bonds. The first-order valence-electron chi connectivity index (χ1n) is 27.9. The van der Waals surface area contributed by atoms with Crippen molar-refractivity contribution in [1.29, 1.82) is 0 Å². The van der Waals surface area contributed by atoms with Crippen molar-refractivity contribution in [3.63, 3.8) is 0 Å². The summed E-state index contributed by atoms with van der Waals surface area (Å²) in [7, 11) is -4.38. The average molecular weight is 974 g/mol. The molecule has 0 saturated carbocycles. The quantitative estimate of drug-likeness (QED) is 0.0264. The van der Waals surface area contributed by atoms with Gasteiger partial charge in [0.2, 0.25) is 0 Å². The molecule has 68 heavy (non-hydrogen) atoms. The molecule has 0 saturated heterocycles. The zero-order chi connectivity index (χ0) is 49.5. The minimum absolute atomic E-state index is 0.0520. The standard InChI is InChI=1S/C58H104NO8P/c1-3-5-7-9-11-13-15-16-17-18-19-20-21-22-23-24-25-26-27-28-29-30-31-32-33-34-35-36-37-38-39-40-41-43-45-47-49-51-58(61)67-56(55-66-68(62,63)65-53-52-59)54-64-57(60)50-48-46-44-42-14-12-10-8-6-4-2/h5,7-8,10-11,13,16-17,19-20,22-23,56H,3-4,6,9,12,14-15,18,21,24-55,59H2,1-2H3,(H,62,63)/b7-5-,10-8-,13-11-,17-16-,20-19-,23-22-. The van der Waals surface area contributed by atoms with Crippen LogP contribution in [0.15, 0.2) is 72.9 Å². The van der Waals surface area contributed by atoms with Crippen LogP contribution in [-0.4, -0.2) is 49.3 Å². The lowest BCUT2D eigenvalue weighted by Gasteiger charge is -2.19. The number of carbonyl (C=O) groups is 2. The van der Waals surface area contributed by atoms with Gasteiger partial charge < -0.3 is 20.1 Å². The van der Waals surface area contributed by atoms with E-state index in [9.17, 15) is 19.0 Å². The number of unbranched alkanes of at least 4 members (excludes halogenated alkanes) is 27. The lowest BCUT2D eigenvalue weighted by molar-refractivity contribution is -0.161. The highest BCUT2D eigenvalue weighted by Gasteiger charge is 2.26. The number of hydrogen-bond acceptors (Lipinski definition) is 8. The van der Waals surface area contributed by atoms with Crippen molar-refractivity contribution in [2.45, 2.75) is 258 Å². The molecule has 0 aliphatic heterocycles. The van der Waals surface area contributed by atoms with Gasteiger partial charge in [0.1, 0.15) is 6.61 Å². The number of phosphoric ester groups is 1. The van der Waals surface area contributed by atoms with Crippen molar-refractivity contribution in [2.75, 3.05) is 26.4 Å². The van der Waals surface area contributed by atoms with E-state index in [-0.39, 0.29) is 32.6 Å². The summed E-state index contributed by atoms with van der Waals surface area (Å²) in [5, 5.41) is 0. The summed E-state index contributed by atoms with van der Waals surface area (Å²) in [6, 6.07) is 0. The van der Waals surface area contributed by atoms with Gasteiger partial charge in [-0.3, -0.25) is 18.6 Å². The van der Waals surface area contributed by atoms with Crippen molar-refractivity contribution in [3.05, 3.63) is 72.9 Å². The third kappa shape index (κ3) is 52.8. The zero-order valence-electron chi connectivity index (χ0n) is 43.8. The first-order chi connectivity index (χ1) is 33.3. The molecule has 2 unspecified atom stereocenters. The molecule has 2 atom stereocenters. The highest BCUT2D eigenvalue weighted by Crippen LogP contribution is 2.43. The number of nitrogens with two attached hydrogens (primary N) is 1. The highest BCUT2D eigenvalue weighted by atomic mass is 31.2. The van der Waals surface area contributed by atoms with Crippen LogP contribution in [0.25, 0.3) is 0 Å². The third-order valence-corrected chi connectivity index (χ3v) is 12.8. The summed E-state index contributed by atoms with van der Waals surface area (Å²) in [6.07, 6.45) is 68.5.